The highest BCUT2D eigenvalue weighted by Crippen LogP contribution is 2.26. The zero-order chi connectivity index (χ0) is 20.2. The van der Waals surface area contributed by atoms with E-state index in [4.69, 9.17) is 9.47 Å². The number of anilines is 1. The number of rotatable bonds is 7. The van der Waals surface area contributed by atoms with Crippen LogP contribution in [0.1, 0.15) is 12.8 Å². The highest BCUT2D eigenvalue weighted by Gasteiger charge is 2.31. The van der Waals surface area contributed by atoms with Crippen LogP contribution in [0.4, 0.5) is 18.9 Å². The highest BCUT2D eigenvalue weighted by atomic mass is 32.2. The van der Waals surface area contributed by atoms with Gasteiger partial charge in [-0.2, -0.15) is 0 Å². The molecule has 10 heteroatoms. The van der Waals surface area contributed by atoms with Gasteiger partial charge < -0.3 is 14.2 Å². The SMILES string of the molecule is O=S(=O)(Nc1cccc(OC[C@@H]2CCCO2)c1)c1ccc(OC(F)(F)F)cc1. The van der Waals surface area contributed by atoms with Gasteiger partial charge in [-0.3, -0.25) is 4.72 Å². The van der Waals surface area contributed by atoms with Crippen LogP contribution in [-0.4, -0.2) is 34.1 Å². The van der Waals surface area contributed by atoms with Gasteiger partial charge in [0, 0.05) is 12.7 Å². The summed E-state index contributed by atoms with van der Waals surface area (Å²) in [5.41, 5.74) is 0.264. The molecule has 2 aromatic rings. The van der Waals surface area contributed by atoms with Crippen LogP contribution in [0.5, 0.6) is 11.5 Å². The fourth-order valence-corrected chi connectivity index (χ4v) is 3.70. The average Bonchev–Trinajstić information content (AvgIpc) is 3.12. The number of halogens is 3. The van der Waals surface area contributed by atoms with Crippen LogP contribution < -0.4 is 14.2 Å². The van der Waals surface area contributed by atoms with Crippen molar-refractivity contribution >= 4 is 15.7 Å². The largest absolute Gasteiger partial charge is 0.573 e. The van der Waals surface area contributed by atoms with Crippen molar-refractivity contribution < 1.29 is 35.8 Å². The molecule has 0 bridgehead atoms. The summed E-state index contributed by atoms with van der Waals surface area (Å²) in [5, 5.41) is 0. The molecule has 152 valence electrons. The van der Waals surface area contributed by atoms with Crippen molar-refractivity contribution in [1.82, 2.24) is 0 Å². The Morgan fingerprint density at radius 1 is 1.11 bits per heavy atom. The Morgan fingerprint density at radius 3 is 2.50 bits per heavy atom. The summed E-state index contributed by atoms with van der Waals surface area (Å²) in [7, 11) is -3.99. The molecule has 28 heavy (non-hydrogen) atoms. The van der Waals surface area contributed by atoms with Crippen molar-refractivity contribution in [3.8, 4) is 11.5 Å². The summed E-state index contributed by atoms with van der Waals surface area (Å²) >= 11 is 0. The summed E-state index contributed by atoms with van der Waals surface area (Å²) in [6, 6.07) is 10.3. The molecular formula is C18H18F3NO5S. The first-order valence-corrected chi connectivity index (χ1v) is 9.93. The fourth-order valence-electron chi connectivity index (χ4n) is 2.65. The van der Waals surface area contributed by atoms with Crippen molar-refractivity contribution in [2.75, 3.05) is 17.9 Å². The Hall–Kier alpha value is -2.46. The lowest BCUT2D eigenvalue weighted by Crippen LogP contribution is -2.17. The number of benzene rings is 2. The van der Waals surface area contributed by atoms with Gasteiger partial charge in [0.15, 0.2) is 0 Å². The first-order valence-electron chi connectivity index (χ1n) is 8.44. The highest BCUT2D eigenvalue weighted by molar-refractivity contribution is 7.92. The second-order valence-corrected chi connectivity index (χ2v) is 7.78. The minimum atomic E-state index is -4.84. The van der Waals surface area contributed by atoms with Gasteiger partial charge in [0.05, 0.1) is 16.7 Å². The molecule has 1 aliphatic rings. The summed E-state index contributed by atoms with van der Waals surface area (Å²) in [6.07, 6.45) is -2.92. The Bertz CT molecular complexity index is 894. The summed E-state index contributed by atoms with van der Waals surface area (Å²) in [6.45, 7) is 1.08. The van der Waals surface area contributed by atoms with E-state index in [1.807, 2.05) is 0 Å². The molecule has 0 saturated carbocycles. The van der Waals surface area contributed by atoms with E-state index in [0.29, 0.717) is 19.0 Å². The van der Waals surface area contributed by atoms with Gasteiger partial charge in [-0.15, -0.1) is 13.2 Å². The van der Waals surface area contributed by atoms with Crippen molar-refractivity contribution in [3.05, 3.63) is 48.5 Å². The third kappa shape index (κ3) is 5.77. The molecule has 2 aromatic carbocycles. The van der Waals surface area contributed by atoms with Crippen LogP contribution in [0.25, 0.3) is 0 Å². The molecule has 1 N–H and O–H groups in total. The molecule has 0 unspecified atom stereocenters. The third-order valence-corrected chi connectivity index (χ3v) is 5.31. The minimum Gasteiger partial charge on any atom is -0.491 e. The molecule has 1 aliphatic heterocycles. The number of sulfonamides is 1. The zero-order valence-corrected chi connectivity index (χ0v) is 15.4. The molecular weight excluding hydrogens is 399 g/mol. The quantitative estimate of drug-likeness (QED) is 0.739. The molecule has 0 aliphatic carbocycles. The average molecular weight is 417 g/mol. The number of ether oxygens (including phenoxy) is 3. The molecule has 3 rings (SSSR count). The molecule has 1 saturated heterocycles. The molecule has 1 heterocycles. The van der Waals surface area contributed by atoms with Gasteiger partial charge in [-0.25, -0.2) is 8.42 Å². The molecule has 0 amide bonds. The topological polar surface area (TPSA) is 73.9 Å². The van der Waals surface area contributed by atoms with E-state index in [2.05, 4.69) is 9.46 Å². The summed E-state index contributed by atoms with van der Waals surface area (Å²) < 4.78 is 78.6. The van der Waals surface area contributed by atoms with Gasteiger partial charge >= 0.3 is 6.36 Å². The maximum atomic E-state index is 12.4. The molecule has 6 nitrogen and oxygen atoms in total. The maximum Gasteiger partial charge on any atom is 0.573 e. The predicted molar refractivity (Wildman–Crippen MR) is 94.8 cm³/mol. The van der Waals surface area contributed by atoms with Gasteiger partial charge in [0.2, 0.25) is 0 Å². The molecule has 1 atom stereocenters. The van der Waals surface area contributed by atoms with Gasteiger partial charge in [0.25, 0.3) is 10.0 Å². The molecule has 0 radical (unpaired) electrons. The first kappa shape index (κ1) is 20.3. The lowest BCUT2D eigenvalue weighted by Gasteiger charge is -2.13. The van der Waals surface area contributed by atoms with Crippen LogP contribution in [0, 0.1) is 0 Å². The zero-order valence-electron chi connectivity index (χ0n) is 14.6. The van der Waals surface area contributed by atoms with Gasteiger partial charge in [0.1, 0.15) is 18.1 Å². The van der Waals surface area contributed by atoms with Crippen LogP contribution in [0.2, 0.25) is 0 Å². The second-order valence-electron chi connectivity index (χ2n) is 6.10. The summed E-state index contributed by atoms with van der Waals surface area (Å²) in [4.78, 5) is -0.201. The Labute approximate surface area is 160 Å². The predicted octanol–water partition coefficient (Wildman–Crippen LogP) is 3.94. The van der Waals surface area contributed by atoms with Crippen molar-refractivity contribution in [2.45, 2.75) is 30.2 Å². The number of hydrogen-bond acceptors (Lipinski definition) is 5. The van der Waals surface area contributed by atoms with Crippen LogP contribution >= 0.6 is 0 Å². The van der Waals surface area contributed by atoms with Gasteiger partial charge in [-0.05, 0) is 49.2 Å². The third-order valence-electron chi connectivity index (χ3n) is 3.91. The van der Waals surface area contributed by atoms with E-state index in [9.17, 15) is 21.6 Å². The molecule has 1 fully saturated rings. The number of hydrogen-bond donors (Lipinski definition) is 1. The smallest absolute Gasteiger partial charge is 0.491 e. The van der Waals surface area contributed by atoms with E-state index >= 15 is 0 Å². The van der Waals surface area contributed by atoms with Crippen molar-refractivity contribution in [2.24, 2.45) is 0 Å². The Kier molecular flexibility index (Phi) is 5.99. The van der Waals surface area contributed by atoms with Crippen molar-refractivity contribution in [3.63, 3.8) is 0 Å². The van der Waals surface area contributed by atoms with Crippen molar-refractivity contribution in [1.29, 1.82) is 0 Å². The van der Waals surface area contributed by atoms with E-state index in [0.717, 1.165) is 37.1 Å². The van der Waals surface area contributed by atoms with Crippen LogP contribution in [0.3, 0.4) is 0 Å². The standard InChI is InChI=1S/C18H18F3NO5S/c19-18(20,21)27-14-6-8-17(9-7-14)28(23,24)22-13-3-1-4-15(11-13)26-12-16-5-2-10-25-16/h1,3-4,6-9,11,16,22H,2,5,10,12H2/t16-/m0/s1. The van der Waals surface area contributed by atoms with E-state index in [1.54, 1.807) is 12.1 Å². The van der Waals surface area contributed by atoms with Crippen LogP contribution in [-0.2, 0) is 14.8 Å². The molecule has 0 aromatic heterocycles. The van der Waals surface area contributed by atoms with Crippen LogP contribution in [0.15, 0.2) is 53.4 Å². The van der Waals surface area contributed by atoms with E-state index in [-0.39, 0.29) is 16.7 Å². The number of alkyl halides is 3. The van der Waals surface area contributed by atoms with E-state index in [1.165, 1.54) is 12.1 Å². The minimum absolute atomic E-state index is 0.0257. The van der Waals surface area contributed by atoms with E-state index < -0.39 is 22.1 Å². The van der Waals surface area contributed by atoms with Gasteiger partial charge in [-0.1, -0.05) is 6.07 Å². The number of nitrogens with one attached hydrogen (secondary N) is 1. The normalized spacial score (nSPS) is 17.3. The Morgan fingerprint density at radius 2 is 1.86 bits per heavy atom. The molecule has 0 spiro atoms. The fraction of sp³-hybridized carbons (Fsp3) is 0.333. The monoisotopic (exact) mass is 417 g/mol. The maximum absolute atomic E-state index is 12.4. The first-order chi connectivity index (χ1) is 13.2. The lowest BCUT2D eigenvalue weighted by atomic mass is 10.2. The summed E-state index contributed by atoms with van der Waals surface area (Å²) in [5.74, 6) is -0.0272. The second kappa shape index (κ2) is 8.27. The Balaban J connectivity index is 1.65. The lowest BCUT2D eigenvalue weighted by molar-refractivity contribution is -0.274.